The molecule has 0 aliphatic rings. The van der Waals surface area contributed by atoms with Crippen LogP contribution in [0.15, 0.2) is 59.2 Å². The largest absolute Gasteiger partial charge is 0.497 e. The lowest BCUT2D eigenvalue weighted by atomic mass is 10.1. The van der Waals surface area contributed by atoms with E-state index in [1.807, 2.05) is 25.1 Å². The van der Waals surface area contributed by atoms with Crippen LogP contribution < -0.4 is 20.7 Å². The number of nitrogens with one attached hydrogen (secondary N) is 3. The first-order chi connectivity index (χ1) is 21.8. The van der Waals surface area contributed by atoms with Crippen molar-refractivity contribution < 1.29 is 28.7 Å². The molecular formula is C31H31N7O7. The Morgan fingerprint density at radius 2 is 1.67 bits per heavy atom. The Bertz CT molecular complexity index is 1880. The lowest BCUT2D eigenvalue weighted by Crippen LogP contribution is -2.29. The number of carbonyl (C=O) groups excluding carboxylic acids is 3. The van der Waals surface area contributed by atoms with Crippen molar-refractivity contribution in [3.63, 3.8) is 0 Å². The van der Waals surface area contributed by atoms with Gasteiger partial charge in [0.25, 0.3) is 0 Å². The van der Waals surface area contributed by atoms with Crippen molar-refractivity contribution in [2.45, 2.75) is 32.6 Å². The Labute approximate surface area is 256 Å². The number of anilines is 2. The fourth-order valence-electron chi connectivity index (χ4n) is 5.11. The molecule has 14 heteroatoms. The number of nitrogens with zero attached hydrogens (tertiary/aromatic N) is 4. The molecule has 0 unspecified atom stereocenters. The van der Waals surface area contributed by atoms with Crippen LogP contribution in [0.5, 0.6) is 5.75 Å². The third-order valence-corrected chi connectivity index (χ3v) is 7.47. The Morgan fingerprint density at radius 1 is 0.978 bits per heavy atom. The summed E-state index contributed by atoms with van der Waals surface area (Å²) in [6.45, 7) is 2.75. The molecule has 2 heterocycles. The third-order valence-electron chi connectivity index (χ3n) is 7.47. The molecule has 0 aliphatic carbocycles. The molecule has 5 rings (SSSR count). The van der Waals surface area contributed by atoms with Crippen LogP contribution in [0.3, 0.4) is 0 Å². The summed E-state index contributed by atoms with van der Waals surface area (Å²) < 4.78 is 11.5. The summed E-state index contributed by atoms with van der Waals surface area (Å²) in [6.07, 6.45) is 2.45. The highest BCUT2D eigenvalue weighted by molar-refractivity contribution is 5.95. The first kappa shape index (κ1) is 30.7. The fraction of sp³-hybridized carbons (Fsp3) is 0.258. The summed E-state index contributed by atoms with van der Waals surface area (Å²) in [4.78, 5) is 47.4. The second-order valence-electron chi connectivity index (χ2n) is 10.4. The van der Waals surface area contributed by atoms with Crippen molar-refractivity contribution in [1.29, 1.82) is 0 Å². The van der Waals surface area contributed by atoms with E-state index in [0.29, 0.717) is 48.7 Å². The molecule has 0 fully saturated rings. The van der Waals surface area contributed by atoms with Gasteiger partial charge in [-0.2, -0.15) is 0 Å². The van der Waals surface area contributed by atoms with Crippen LogP contribution in [-0.4, -0.2) is 58.2 Å². The van der Waals surface area contributed by atoms with E-state index in [1.165, 1.54) is 16.7 Å². The van der Waals surface area contributed by atoms with Gasteiger partial charge in [0, 0.05) is 35.9 Å². The number of ether oxygens (including phenoxy) is 1. The Hall–Kier alpha value is -5.79. The van der Waals surface area contributed by atoms with Gasteiger partial charge in [-0.25, -0.2) is 4.63 Å². The van der Waals surface area contributed by atoms with Gasteiger partial charge in [-0.1, -0.05) is 12.1 Å². The molecule has 3 N–H and O–H groups in total. The normalized spacial score (nSPS) is 11.0. The maximum atomic E-state index is 12.7. The highest BCUT2D eigenvalue weighted by Gasteiger charge is 2.20. The summed E-state index contributed by atoms with van der Waals surface area (Å²) in [5, 5.41) is 28.3. The topological polar surface area (TPSA) is 184 Å². The summed E-state index contributed by atoms with van der Waals surface area (Å²) in [5.41, 5.74) is 4.32. The quantitative estimate of drug-likeness (QED) is 0.0716. The molecule has 0 spiro atoms. The van der Waals surface area contributed by atoms with Crippen LogP contribution in [-0.2, 0) is 27.2 Å². The van der Waals surface area contributed by atoms with E-state index < -0.39 is 4.92 Å². The number of benzene rings is 3. The molecule has 2 aromatic heterocycles. The third kappa shape index (κ3) is 6.90. The van der Waals surface area contributed by atoms with Gasteiger partial charge in [0.05, 0.1) is 36.1 Å². The van der Waals surface area contributed by atoms with Crippen molar-refractivity contribution >= 4 is 57.2 Å². The number of carbonyl (C=O) groups is 3. The average molecular weight is 614 g/mol. The summed E-state index contributed by atoms with van der Waals surface area (Å²) >= 11 is 0. The molecule has 45 heavy (non-hydrogen) atoms. The monoisotopic (exact) mass is 613 g/mol. The Morgan fingerprint density at radius 3 is 2.33 bits per heavy atom. The highest BCUT2D eigenvalue weighted by Crippen LogP contribution is 2.31. The van der Waals surface area contributed by atoms with Gasteiger partial charge in [0.1, 0.15) is 5.75 Å². The van der Waals surface area contributed by atoms with E-state index in [4.69, 9.17) is 4.74 Å². The van der Waals surface area contributed by atoms with Crippen LogP contribution in [0.25, 0.3) is 21.9 Å². The van der Waals surface area contributed by atoms with Crippen LogP contribution in [0, 0.1) is 17.0 Å². The minimum atomic E-state index is -0.548. The van der Waals surface area contributed by atoms with Gasteiger partial charge in [-0.15, -0.1) is 0 Å². The fourth-order valence-corrected chi connectivity index (χ4v) is 5.11. The molecule has 0 saturated heterocycles. The zero-order chi connectivity index (χ0) is 31.9. The smallest absolute Gasteiger partial charge is 0.300 e. The SMILES string of the molecule is COc1ccc2c(c1)c(CC(=O)NCCCCNC(=O)Cc1ccc(Nc3ccc([N+](=O)[O-])c4nonc34)cc1)c(C)n2C=O. The molecule has 3 aromatic carbocycles. The van der Waals surface area contributed by atoms with E-state index in [-0.39, 0.29) is 41.4 Å². The maximum Gasteiger partial charge on any atom is 0.300 e. The van der Waals surface area contributed by atoms with Gasteiger partial charge in [0.2, 0.25) is 23.7 Å². The number of amides is 2. The number of rotatable bonds is 14. The van der Waals surface area contributed by atoms with Gasteiger partial charge < -0.3 is 20.7 Å². The van der Waals surface area contributed by atoms with E-state index in [9.17, 15) is 24.5 Å². The predicted molar refractivity (Wildman–Crippen MR) is 166 cm³/mol. The van der Waals surface area contributed by atoms with Gasteiger partial charge >= 0.3 is 5.69 Å². The molecule has 232 valence electrons. The first-order valence-corrected chi connectivity index (χ1v) is 14.2. The molecule has 0 aliphatic heterocycles. The zero-order valence-corrected chi connectivity index (χ0v) is 24.7. The first-order valence-electron chi connectivity index (χ1n) is 14.2. The summed E-state index contributed by atoms with van der Waals surface area (Å²) in [7, 11) is 1.57. The number of unbranched alkanes of at least 4 members (excludes halogenated alkanes) is 1. The van der Waals surface area contributed by atoms with E-state index >= 15 is 0 Å². The lowest BCUT2D eigenvalue weighted by Gasteiger charge is -2.09. The number of methoxy groups -OCH3 is 1. The maximum absolute atomic E-state index is 12.7. The number of aromatic nitrogens is 3. The van der Waals surface area contributed by atoms with Crippen molar-refractivity contribution in [3.05, 3.63) is 81.5 Å². The number of nitro benzene ring substituents is 1. The second-order valence-corrected chi connectivity index (χ2v) is 10.4. The number of nitro groups is 1. The van der Waals surface area contributed by atoms with Crippen molar-refractivity contribution in [2.24, 2.45) is 0 Å². The molecule has 0 saturated carbocycles. The average Bonchev–Trinajstić information content (AvgIpc) is 3.62. The Kier molecular flexibility index (Phi) is 9.31. The summed E-state index contributed by atoms with van der Waals surface area (Å²) in [5.74, 6) is 0.376. The van der Waals surface area contributed by atoms with Crippen molar-refractivity contribution in [2.75, 3.05) is 25.5 Å². The van der Waals surface area contributed by atoms with E-state index in [0.717, 1.165) is 28.4 Å². The van der Waals surface area contributed by atoms with Crippen molar-refractivity contribution in [3.8, 4) is 5.75 Å². The van der Waals surface area contributed by atoms with Crippen LogP contribution >= 0.6 is 0 Å². The highest BCUT2D eigenvalue weighted by atomic mass is 16.6. The van der Waals surface area contributed by atoms with Crippen LogP contribution in [0.4, 0.5) is 17.1 Å². The molecule has 14 nitrogen and oxygen atoms in total. The molecule has 2 amide bonds. The standard InChI is InChI=1S/C31H31N7O7/c1-19-23(24-16-22(44-2)9-11-26(24)37(19)18-39)17-29(41)33-14-4-3-13-32-28(40)15-20-5-7-21(8-6-20)34-25-10-12-27(38(42)43)31-30(25)35-45-36-31/h5-12,16,18,34H,3-4,13-15,17H2,1-2H3,(H,32,40)(H,33,41). The van der Waals surface area contributed by atoms with Gasteiger partial charge in [-0.05, 0) is 77.6 Å². The molecular weight excluding hydrogens is 582 g/mol. The van der Waals surface area contributed by atoms with Crippen LogP contribution in [0.1, 0.15) is 29.7 Å². The lowest BCUT2D eigenvalue weighted by molar-refractivity contribution is -0.383. The number of hydrogen-bond acceptors (Lipinski definition) is 10. The van der Waals surface area contributed by atoms with E-state index in [2.05, 4.69) is 30.9 Å². The number of fused-ring (bicyclic) bond motifs is 2. The second kappa shape index (κ2) is 13.7. The van der Waals surface area contributed by atoms with Gasteiger partial charge in [-0.3, -0.25) is 29.1 Å². The number of non-ortho nitro benzene ring substituents is 1. The van der Waals surface area contributed by atoms with E-state index in [1.54, 1.807) is 31.4 Å². The number of hydrogen-bond donors (Lipinski definition) is 3. The molecule has 0 radical (unpaired) electrons. The Balaban J connectivity index is 1.03. The van der Waals surface area contributed by atoms with Crippen LogP contribution in [0.2, 0.25) is 0 Å². The van der Waals surface area contributed by atoms with Crippen molar-refractivity contribution in [1.82, 2.24) is 25.5 Å². The molecule has 0 bridgehead atoms. The minimum Gasteiger partial charge on any atom is -0.497 e. The zero-order valence-electron chi connectivity index (χ0n) is 24.7. The molecule has 0 atom stereocenters. The minimum absolute atomic E-state index is 0.0529. The molecule has 5 aromatic rings. The summed E-state index contributed by atoms with van der Waals surface area (Å²) in [6, 6.07) is 15.5. The van der Waals surface area contributed by atoms with Gasteiger partial charge in [0.15, 0.2) is 5.52 Å². The predicted octanol–water partition coefficient (Wildman–Crippen LogP) is 3.98.